The smallest absolute Gasteiger partial charge is 0.166 e. The monoisotopic (exact) mass is 200 g/mol. The molecule has 0 bridgehead atoms. The van der Waals surface area contributed by atoms with Gasteiger partial charge in [-0.1, -0.05) is 0 Å². The largest absolute Gasteiger partial charge is 0.326 e. The van der Waals surface area contributed by atoms with Crippen LogP contribution >= 0.6 is 0 Å². The van der Waals surface area contributed by atoms with Gasteiger partial charge in [0.05, 0.1) is 0 Å². The van der Waals surface area contributed by atoms with Crippen molar-refractivity contribution >= 4 is 0 Å². The molecule has 2 aliphatic heterocycles. The molecule has 4 nitrogen and oxygen atoms in total. The van der Waals surface area contributed by atoms with E-state index in [-0.39, 0.29) is 12.6 Å². The van der Waals surface area contributed by atoms with Crippen LogP contribution in [0.3, 0.4) is 0 Å². The van der Waals surface area contributed by atoms with Gasteiger partial charge in [-0.3, -0.25) is 0 Å². The summed E-state index contributed by atoms with van der Waals surface area (Å²) in [5, 5.41) is 0. The molecular formula is C10H16O4. The van der Waals surface area contributed by atoms with Gasteiger partial charge in [0.25, 0.3) is 0 Å². The lowest BCUT2D eigenvalue weighted by Crippen LogP contribution is -2.43. The molecule has 0 atom stereocenters. The molecule has 3 aliphatic rings. The molecule has 1 saturated carbocycles. The normalized spacial score (nSPS) is 40.3. The van der Waals surface area contributed by atoms with Gasteiger partial charge in [0, 0.05) is 11.8 Å². The van der Waals surface area contributed by atoms with E-state index in [1.807, 2.05) is 0 Å². The van der Waals surface area contributed by atoms with Crippen molar-refractivity contribution in [3.63, 3.8) is 0 Å². The number of rotatable bonds is 2. The molecule has 0 spiro atoms. The van der Waals surface area contributed by atoms with Gasteiger partial charge in [0.15, 0.2) is 26.2 Å². The highest BCUT2D eigenvalue weighted by molar-refractivity contribution is 4.78. The van der Waals surface area contributed by atoms with Gasteiger partial charge in [0.1, 0.15) is 0 Å². The number of hydrogen-bond acceptors (Lipinski definition) is 4. The van der Waals surface area contributed by atoms with E-state index >= 15 is 0 Å². The molecule has 3 fully saturated rings. The summed E-state index contributed by atoms with van der Waals surface area (Å²) >= 11 is 0. The Morgan fingerprint density at radius 3 is 1.14 bits per heavy atom. The van der Waals surface area contributed by atoms with Crippen molar-refractivity contribution in [2.75, 3.05) is 13.6 Å². The van der Waals surface area contributed by atoms with E-state index in [9.17, 15) is 0 Å². The fourth-order valence-corrected chi connectivity index (χ4v) is 2.53. The van der Waals surface area contributed by atoms with Gasteiger partial charge < -0.3 is 18.9 Å². The third-order valence-corrected chi connectivity index (χ3v) is 3.52. The first-order valence-corrected chi connectivity index (χ1v) is 5.40. The van der Waals surface area contributed by atoms with Gasteiger partial charge in [-0.25, -0.2) is 0 Å². The van der Waals surface area contributed by atoms with Crippen LogP contribution in [0, 0.1) is 11.8 Å². The summed E-state index contributed by atoms with van der Waals surface area (Å²) in [6.07, 6.45) is 4.88. The summed E-state index contributed by atoms with van der Waals surface area (Å²) in [6, 6.07) is 0. The maximum absolute atomic E-state index is 5.32. The Kier molecular flexibility index (Phi) is 2.45. The molecule has 14 heavy (non-hydrogen) atoms. The van der Waals surface area contributed by atoms with Gasteiger partial charge in [-0.15, -0.1) is 0 Å². The van der Waals surface area contributed by atoms with Gasteiger partial charge in [-0.05, 0) is 25.7 Å². The van der Waals surface area contributed by atoms with Gasteiger partial charge >= 0.3 is 0 Å². The maximum atomic E-state index is 5.32. The molecule has 3 rings (SSSR count). The second-order valence-electron chi connectivity index (χ2n) is 4.31. The highest BCUT2D eigenvalue weighted by Crippen LogP contribution is 2.38. The molecule has 2 heterocycles. The lowest BCUT2D eigenvalue weighted by atomic mass is 9.81. The minimum absolute atomic E-state index is 0.0826. The fraction of sp³-hybridized carbons (Fsp3) is 1.00. The van der Waals surface area contributed by atoms with Gasteiger partial charge in [0.2, 0.25) is 0 Å². The van der Waals surface area contributed by atoms with E-state index < -0.39 is 0 Å². The first kappa shape index (κ1) is 9.09. The van der Waals surface area contributed by atoms with Gasteiger partial charge in [-0.2, -0.15) is 0 Å². The molecule has 0 amide bonds. The standard InChI is InChI=1S/C10H16O4/c1-2-8(10-13-6-14-10)4-3-7(1)9-11-5-12-9/h7-10H,1-6H2. The zero-order valence-corrected chi connectivity index (χ0v) is 8.19. The SMILES string of the molecule is C1OC(C2CCC(C3OCO3)CC2)O1. The van der Waals surface area contributed by atoms with Crippen LogP contribution in [0.15, 0.2) is 0 Å². The molecule has 1 aliphatic carbocycles. The van der Waals surface area contributed by atoms with Crippen molar-refractivity contribution in [1.29, 1.82) is 0 Å². The third kappa shape index (κ3) is 1.56. The molecule has 2 saturated heterocycles. The molecule has 0 aromatic carbocycles. The van der Waals surface area contributed by atoms with E-state index in [2.05, 4.69) is 0 Å². The van der Waals surface area contributed by atoms with Crippen LogP contribution in [0.25, 0.3) is 0 Å². The Morgan fingerprint density at radius 1 is 0.571 bits per heavy atom. The average Bonchev–Trinajstić information content (AvgIpc) is 2.02. The third-order valence-electron chi connectivity index (χ3n) is 3.52. The Bertz CT molecular complexity index is 170. The Morgan fingerprint density at radius 2 is 0.929 bits per heavy atom. The molecule has 80 valence electrons. The van der Waals surface area contributed by atoms with Crippen LogP contribution in [0.5, 0.6) is 0 Å². The average molecular weight is 200 g/mol. The minimum Gasteiger partial charge on any atom is -0.326 e. The van der Waals surface area contributed by atoms with E-state index in [4.69, 9.17) is 18.9 Å². The maximum Gasteiger partial charge on any atom is 0.166 e. The Labute approximate surface area is 83.5 Å². The van der Waals surface area contributed by atoms with E-state index in [0.717, 1.165) is 0 Å². The summed E-state index contributed by atoms with van der Waals surface area (Å²) < 4.78 is 21.3. The number of hydrogen-bond donors (Lipinski definition) is 0. The molecule has 0 aromatic rings. The lowest BCUT2D eigenvalue weighted by Gasteiger charge is -2.41. The quantitative estimate of drug-likeness (QED) is 0.676. The van der Waals surface area contributed by atoms with Crippen molar-refractivity contribution in [2.24, 2.45) is 11.8 Å². The zero-order chi connectivity index (χ0) is 9.38. The Hall–Kier alpha value is -0.160. The fourth-order valence-electron chi connectivity index (χ4n) is 2.53. The van der Waals surface area contributed by atoms with Crippen LogP contribution < -0.4 is 0 Å². The molecule has 0 N–H and O–H groups in total. The van der Waals surface area contributed by atoms with E-state index in [1.165, 1.54) is 25.7 Å². The summed E-state index contributed by atoms with van der Waals surface area (Å²) in [7, 11) is 0. The molecule has 0 aromatic heterocycles. The minimum atomic E-state index is 0.0826. The molecule has 0 unspecified atom stereocenters. The number of ether oxygens (including phenoxy) is 4. The summed E-state index contributed by atoms with van der Waals surface area (Å²) in [6.45, 7) is 0.971. The first-order chi connectivity index (χ1) is 6.93. The van der Waals surface area contributed by atoms with Crippen molar-refractivity contribution in [3.05, 3.63) is 0 Å². The highest BCUT2D eigenvalue weighted by atomic mass is 16.9. The van der Waals surface area contributed by atoms with Crippen LogP contribution in [-0.2, 0) is 18.9 Å². The second kappa shape index (κ2) is 3.77. The van der Waals surface area contributed by atoms with Crippen molar-refractivity contribution in [1.82, 2.24) is 0 Å². The molecule has 4 heteroatoms. The molecular weight excluding hydrogens is 184 g/mol. The first-order valence-electron chi connectivity index (χ1n) is 5.40. The topological polar surface area (TPSA) is 36.9 Å². The van der Waals surface area contributed by atoms with E-state index in [1.54, 1.807) is 0 Å². The van der Waals surface area contributed by atoms with Crippen LogP contribution in [-0.4, -0.2) is 26.2 Å². The predicted molar refractivity (Wildman–Crippen MR) is 47.1 cm³/mol. The molecule has 0 radical (unpaired) electrons. The van der Waals surface area contributed by atoms with Crippen LogP contribution in [0.1, 0.15) is 25.7 Å². The summed E-state index contributed by atoms with van der Waals surface area (Å²) in [4.78, 5) is 0. The second-order valence-corrected chi connectivity index (χ2v) is 4.31. The summed E-state index contributed by atoms with van der Waals surface area (Å²) in [5.74, 6) is 1.19. The lowest BCUT2D eigenvalue weighted by molar-refractivity contribution is -0.356. The zero-order valence-electron chi connectivity index (χ0n) is 8.19. The highest BCUT2D eigenvalue weighted by Gasteiger charge is 2.37. The van der Waals surface area contributed by atoms with Crippen molar-refractivity contribution < 1.29 is 18.9 Å². The van der Waals surface area contributed by atoms with Crippen molar-refractivity contribution in [3.8, 4) is 0 Å². The van der Waals surface area contributed by atoms with Crippen molar-refractivity contribution in [2.45, 2.75) is 38.3 Å². The van der Waals surface area contributed by atoms with Crippen LogP contribution in [0.2, 0.25) is 0 Å². The van der Waals surface area contributed by atoms with E-state index in [0.29, 0.717) is 25.4 Å². The van der Waals surface area contributed by atoms with Crippen LogP contribution in [0.4, 0.5) is 0 Å². The predicted octanol–water partition coefficient (Wildman–Crippen LogP) is 1.45. The Balaban J connectivity index is 1.46. The summed E-state index contributed by atoms with van der Waals surface area (Å²) in [5.41, 5.74) is 0.